The van der Waals surface area contributed by atoms with E-state index >= 15 is 13.2 Å². The van der Waals surface area contributed by atoms with E-state index in [0.717, 1.165) is 38.9 Å². The molecule has 2 aromatic carbocycles. The first-order chi connectivity index (χ1) is 27.3. The normalized spacial score (nSPS) is 22.0. The number of carbonyl (C=O) groups is 3. The lowest BCUT2D eigenvalue weighted by Crippen LogP contribution is -2.53. The quantitative estimate of drug-likeness (QED) is 0.168. The zero-order valence-electron chi connectivity index (χ0n) is 36.6. The summed E-state index contributed by atoms with van der Waals surface area (Å²) in [7, 11) is 2.50. The Kier molecular flexibility index (Phi) is 13.0. The Morgan fingerprint density at radius 3 is 2.02 bits per heavy atom. The Balaban J connectivity index is 1.61. The predicted molar refractivity (Wildman–Crippen MR) is 214 cm³/mol. The van der Waals surface area contributed by atoms with Crippen molar-refractivity contribution in [3.05, 3.63) is 51.8 Å². The van der Waals surface area contributed by atoms with Gasteiger partial charge in [-0.25, -0.2) is 18.4 Å². The third kappa shape index (κ3) is 9.28. The van der Waals surface area contributed by atoms with Gasteiger partial charge in [-0.1, -0.05) is 26.3 Å². The molecule has 2 aliphatic carbocycles. The van der Waals surface area contributed by atoms with Crippen molar-refractivity contribution < 1.29 is 60.5 Å². The fraction of sp³-hybridized carbons (Fsp3) is 0.651. The molecular formula is C43H60BF3N2O10. The van der Waals surface area contributed by atoms with Gasteiger partial charge in [0.05, 0.1) is 39.0 Å². The van der Waals surface area contributed by atoms with Gasteiger partial charge in [0, 0.05) is 11.1 Å². The lowest BCUT2D eigenvalue weighted by Gasteiger charge is -2.54. The zero-order chi connectivity index (χ0) is 44.0. The van der Waals surface area contributed by atoms with Crippen molar-refractivity contribution in [2.24, 2.45) is 10.8 Å². The molecule has 1 aliphatic heterocycles. The number of halogens is 3. The number of nitrogens with one attached hydrogen (secondary N) is 2. The smallest absolute Gasteiger partial charge is 0.482 e. The summed E-state index contributed by atoms with van der Waals surface area (Å²) in [5.41, 5.74) is -3.50. The molecule has 2 aromatic rings. The van der Waals surface area contributed by atoms with Crippen LogP contribution in [0.25, 0.3) is 0 Å². The number of methoxy groups -OCH3 is 3. The van der Waals surface area contributed by atoms with Crippen LogP contribution >= 0.6 is 0 Å². The number of hydrogen-bond acceptors (Lipinski definition) is 10. The number of alkyl carbamates (subject to hydrolysis) is 1. The lowest BCUT2D eigenvalue weighted by molar-refractivity contribution is -0.123. The molecule has 0 radical (unpaired) electrons. The van der Waals surface area contributed by atoms with Crippen molar-refractivity contribution in [1.82, 2.24) is 10.6 Å². The molecule has 3 fully saturated rings. The van der Waals surface area contributed by atoms with E-state index in [0.29, 0.717) is 12.8 Å². The van der Waals surface area contributed by atoms with E-state index in [1.807, 2.05) is 6.92 Å². The first-order valence-electron chi connectivity index (χ1n) is 20.1. The van der Waals surface area contributed by atoms with Gasteiger partial charge in [0.15, 0.2) is 17.3 Å². The molecule has 5 rings (SSSR count). The molecule has 1 heterocycles. The summed E-state index contributed by atoms with van der Waals surface area (Å²) in [5, 5.41) is 5.31. The standard InChI is InChI=1S/C43H60BF3N2O10/c1-23-28(30(46)31(47)35(55-13)33(23)53-11)32(49-38(52)57-40(5,6)7)36(50)48-27(21-24-15-16-25(45)29(34(24)54-12)37(51)56-39(2,3)4)44-58-26-17-20-43(18-14-19-43)41(8,9)22-42(26,10)59-44/h15-16,26-27,32H,14,17-22H2,1-13H3,(H,48,50)(H,49,52)/t26-,27?,32?,42+/m1/s1. The summed E-state index contributed by atoms with van der Waals surface area (Å²) in [5.74, 6) is -7.78. The van der Waals surface area contributed by atoms with Gasteiger partial charge in [0.2, 0.25) is 11.7 Å². The number of ether oxygens (including phenoxy) is 5. The number of amides is 2. The van der Waals surface area contributed by atoms with E-state index in [4.69, 9.17) is 33.0 Å². The van der Waals surface area contributed by atoms with Crippen molar-refractivity contribution in [3.63, 3.8) is 0 Å². The Hall–Kier alpha value is -4.18. The number of carbonyl (C=O) groups excluding carboxylic acids is 3. The van der Waals surface area contributed by atoms with E-state index in [9.17, 15) is 14.4 Å². The zero-order valence-corrected chi connectivity index (χ0v) is 36.6. The Morgan fingerprint density at radius 1 is 0.864 bits per heavy atom. The van der Waals surface area contributed by atoms with Crippen LogP contribution in [0.3, 0.4) is 0 Å². The van der Waals surface area contributed by atoms with Crippen molar-refractivity contribution in [2.75, 3.05) is 21.3 Å². The number of rotatable bonds is 11. The van der Waals surface area contributed by atoms with Crippen LogP contribution in [0, 0.1) is 35.2 Å². The van der Waals surface area contributed by atoms with Crippen molar-refractivity contribution in [3.8, 4) is 17.2 Å². The van der Waals surface area contributed by atoms with Crippen LogP contribution in [-0.4, -0.2) is 75.3 Å². The van der Waals surface area contributed by atoms with Gasteiger partial charge < -0.3 is 43.6 Å². The van der Waals surface area contributed by atoms with E-state index in [1.165, 1.54) is 27.2 Å². The molecular weight excluding hydrogens is 772 g/mol. The minimum absolute atomic E-state index is 0.0338. The molecule has 0 bridgehead atoms. The maximum Gasteiger partial charge on any atom is 0.482 e. The highest BCUT2D eigenvalue weighted by Gasteiger charge is 2.60. The Bertz CT molecular complexity index is 1940. The van der Waals surface area contributed by atoms with Gasteiger partial charge in [-0.3, -0.25) is 4.79 Å². The van der Waals surface area contributed by atoms with Crippen LogP contribution in [0.5, 0.6) is 17.2 Å². The fourth-order valence-corrected chi connectivity index (χ4v) is 9.20. The molecule has 4 atom stereocenters. The van der Waals surface area contributed by atoms with Crippen LogP contribution < -0.4 is 24.8 Å². The highest BCUT2D eigenvalue weighted by atomic mass is 19.2. The predicted octanol–water partition coefficient (Wildman–Crippen LogP) is 8.27. The third-order valence-corrected chi connectivity index (χ3v) is 12.1. The summed E-state index contributed by atoms with van der Waals surface area (Å²) >= 11 is 0. The molecule has 12 nitrogen and oxygen atoms in total. The first-order valence-corrected chi connectivity index (χ1v) is 20.1. The van der Waals surface area contributed by atoms with Crippen molar-refractivity contribution in [1.29, 1.82) is 0 Å². The molecule has 2 amide bonds. The summed E-state index contributed by atoms with van der Waals surface area (Å²) in [6.45, 7) is 17.6. The Labute approximate surface area is 346 Å². The van der Waals surface area contributed by atoms with Gasteiger partial charge in [0.1, 0.15) is 34.4 Å². The summed E-state index contributed by atoms with van der Waals surface area (Å²) in [6.07, 6.45) is 4.02. The van der Waals surface area contributed by atoms with Crippen LogP contribution in [0.15, 0.2) is 12.1 Å². The van der Waals surface area contributed by atoms with Crippen LogP contribution in [0.1, 0.15) is 134 Å². The lowest BCUT2D eigenvalue weighted by atomic mass is 9.51. The van der Waals surface area contributed by atoms with Gasteiger partial charge in [-0.05, 0) is 116 Å². The molecule has 326 valence electrons. The Morgan fingerprint density at radius 2 is 1.47 bits per heavy atom. The molecule has 16 heteroatoms. The van der Waals surface area contributed by atoms with Crippen LogP contribution in [0.4, 0.5) is 18.0 Å². The summed E-state index contributed by atoms with van der Waals surface area (Å²) in [6, 6.07) is 0.591. The summed E-state index contributed by atoms with van der Waals surface area (Å²) < 4.78 is 88.0. The minimum atomic E-state index is -1.91. The second-order valence-electron chi connectivity index (χ2n) is 18.9. The van der Waals surface area contributed by atoms with E-state index in [-0.39, 0.29) is 46.0 Å². The highest BCUT2D eigenvalue weighted by molar-refractivity contribution is 6.48. The molecule has 2 saturated carbocycles. The van der Waals surface area contributed by atoms with Crippen LogP contribution in [0.2, 0.25) is 0 Å². The average molecular weight is 833 g/mol. The molecule has 2 N–H and O–H groups in total. The van der Waals surface area contributed by atoms with Crippen molar-refractivity contribution >= 4 is 25.1 Å². The second kappa shape index (κ2) is 16.7. The molecule has 0 aromatic heterocycles. The molecule has 1 spiro atoms. The van der Waals surface area contributed by atoms with E-state index in [2.05, 4.69) is 24.5 Å². The van der Waals surface area contributed by atoms with E-state index < -0.39 is 88.2 Å². The third-order valence-electron chi connectivity index (χ3n) is 12.1. The second-order valence-corrected chi connectivity index (χ2v) is 18.9. The van der Waals surface area contributed by atoms with Gasteiger partial charge in [-0.2, -0.15) is 4.39 Å². The maximum atomic E-state index is 16.2. The first kappa shape index (κ1) is 45.9. The molecule has 2 unspecified atom stereocenters. The van der Waals surface area contributed by atoms with Gasteiger partial charge >= 0.3 is 19.2 Å². The van der Waals surface area contributed by atoms with E-state index in [1.54, 1.807) is 41.5 Å². The largest absolute Gasteiger partial charge is 0.495 e. The maximum absolute atomic E-state index is 16.2. The number of fused-ring (bicyclic) bond motifs is 1. The monoisotopic (exact) mass is 832 g/mol. The topological polar surface area (TPSA) is 140 Å². The number of esters is 1. The number of benzene rings is 2. The molecule has 59 heavy (non-hydrogen) atoms. The van der Waals surface area contributed by atoms with Gasteiger partial charge in [-0.15, -0.1) is 0 Å². The SMILES string of the molecule is COc1c(C)c(C(NC(=O)OC(C)(C)C)C(=O)NC(Cc2ccc(F)c(C(=O)OC(C)(C)C)c2OC)B2O[C@@H]3CCC4(CCC4)C(C)(C)C[C@]3(C)O2)c(F)c(F)c1OC. The van der Waals surface area contributed by atoms with Crippen molar-refractivity contribution in [2.45, 2.75) is 149 Å². The molecule has 3 aliphatic rings. The van der Waals surface area contributed by atoms with Gasteiger partial charge in [0.25, 0.3) is 0 Å². The average Bonchev–Trinajstić information content (AvgIpc) is 3.37. The highest BCUT2D eigenvalue weighted by Crippen LogP contribution is 2.63. The van der Waals surface area contributed by atoms with Crippen LogP contribution in [-0.2, 0) is 30.0 Å². The molecule has 1 saturated heterocycles. The minimum Gasteiger partial charge on any atom is -0.495 e. The number of hydrogen-bond donors (Lipinski definition) is 2. The fourth-order valence-electron chi connectivity index (χ4n) is 9.20. The summed E-state index contributed by atoms with van der Waals surface area (Å²) in [4.78, 5) is 41.5.